The highest BCUT2D eigenvalue weighted by Crippen LogP contribution is 2.64. The Labute approximate surface area is 278 Å². The van der Waals surface area contributed by atoms with Crippen molar-refractivity contribution in [3.05, 3.63) is 0 Å². The van der Waals surface area contributed by atoms with Crippen molar-refractivity contribution in [2.75, 3.05) is 0 Å². The van der Waals surface area contributed by atoms with Crippen molar-refractivity contribution in [2.24, 2.45) is 45.3 Å². The van der Waals surface area contributed by atoms with Crippen molar-refractivity contribution < 1.29 is 38.5 Å². The molecular weight excluding hydrogens is 584 g/mol. The molecule has 1 saturated heterocycles. The van der Waals surface area contributed by atoms with Gasteiger partial charge in [0.05, 0.1) is 16.2 Å². The van der Waals surface area contributed by atoms with E-state index in [0.29, 0.717) is 12.8 Å². The molecular formula is C38H64O8. The summed E-state index contributed by atoms with van der Waals surface area (Å²) in [6, 6.07) is 0. The van der Waals surface area contributed by atoms with Crippen LogP contribution in [-0.4, -0.2) is 46.8 Å². The van der Waals surface area contributed by atoms with Gasteiger partial charge in [0.2, 0.25) is 6.10 Å². The fourth-order valence-electron chi connectivity index (χ4n) is 8.01. The molecule has 4 bridgehead atoms. The molecule has 8 heteroatoms. The lowest BCUT2D eigenvalue weighted by atomic mass is 9.46. The van der Waals surface area contributed by atoms with Gasteiger partial charge in [-0.15, -0.1) is 0 Å². The summed E-state index contributed by atoms with van der Waals surface area (Å²) in [4.78, 5) is 46.4. The first kappa shape index (κ1) is 38.3. The highest BCUT2D eigenvalue weighted by Gasteiger charge is 2.59. The average Bonchev–Trinajstić information content (AvgIpc) is 3.53. The number of hydrogen-bond acceptors (Lipinski definition) is 7. The highest BCUT2D eigenvalue weighted by molar-refractivity contribution is 5.83. The maximum atomic E-state index is 12.6. The minimum atomic E-state index is -0.722. The molecule has 1 heterocycles. The van der Waals surface area contributed by atoms with Crippen LogP contribution in [0.5, 0.6) is 0 Å². The average molecular weight is 649 g/mol. The number of carboxylic acids is 1. The molecule has 0 amide bonds. The number of rotatable bonds is 9. The van der Waals surface area contributed by atoms with Crippen LogP contribution in [0.1, 0.15) is 153 Å². The molecule has 264 valence electrons. The Morgan fingerprint density at radius 2 is 1.22 bits per heavy atom. The van der Waals surface area contributed by atoms with Crippen LogP contribution >= 0.6 is 0 Å². The fourth-order valence-corrected chi connectivity index (χ4v) is 8.01. The summed E-state index contributed by atoms with van der Waals surface area (Å²) in [5, 5.41) is 8.44. The molecule has 1 N–H and O–H groups in total. The summed E-state index contributed by atoms with van der Waals surface area (Å²) in [5.41, 5.74) is -1.50. The van der Waals surface area contributed by atoms with Crippen molar-refractivity contribution in [3.63, 3.8) is 0 Å². The predicted molar refractivity (Wildman–Crippen MR) is 178 cm³/mol. The molecule has 5 saturated carbocycles. The third-order valence-corrected chi connectivity index (χ3v) is 12.6. The van der Waals surface area contributed by atoms with E-state index in [-0.39, 0.29) is 46.4 Å². The van der Waals surface area contributed by atoms with Crippen molar-refractivity contribution >= 4 is 23.9 Å². The lowest BCUT2D eigenvalue weighted by Crippen LogP contribution is -2.58. The van der Waals surface area contributed by atoms with Crippen LogP contribution in [0, 0.1) is 45.3 Å². The van der Waals surface area contributed by atoms with E-state index in [1.165, 1.54) is 38.5 Å². The van der Waals surface area contributed by atoms with Gasteiger partial charge >= 0.3 is 23.9 Å². The Morgan fingerprint density at radius 3 is 1.63 bits per heavy atom. The van der Waals surface area contributed by atoms with Crippen LogP contribution in [0.15, 0.2) is 0 Å². The molecule has 8 nitrogen and oxygen atoms in total. The van der Waals surface area contributed by atoms with Crippen molar-refractivity contribution in [1.82, 2.24) is 0 Å². The quantitative estimate of drug-likeness (QED) is 0.195. The van der Waals surface area contributed by atoms with Crippen molar-refractivity contribution in [3.8, 4) is 0 Å². The molecule has 46 heavy (non-hydrogen) atoms. The van der Waals surface area contributed by atoms with Gasteiger partial charge in [0.25, 0.3) is 0 Å². The van der Waals surface area contributed by atoms with E-state index < -0.39 is 22.9 Å². The van der Waals surface area contributed by atoms with Crippen molar-refractivity contribution in [1.29, 1.82) is 0 Å². The van der Waals surface area contributed by atoms with Crippen molar-refractivity contribution in [2.45, 2.75) is 171 Å². The monoisotopic (exact) mass is 648 g/mol. The fraction of sp³-hybridized carbons (Fsp3) is 0.895. The Balaban J connectivity index is 0.000000207. The zero-order chi connectivity index (χ0) is 34.9. The molecule has 0 aromatic heterocycles. The maximum absolute atomic E-state index is 12.6. The first-order valence-electron chi connectivity index (χ1n) is 18.0. The molecule has 0 aromatic carbocycles. The number of aliphatic carboxylic acids is 1. The number of ether oxygens (including phenoxy) is 3. The van der Waals surface area contributed by atoms with Gasteiger partial charge in [0.15, 0.2) is 0 Å². The number of carbonyl (C=O) groups excluding carboxylic acids is 3. The van der Waals surface area contributed by atoms with Crippen LogP contribution < -0.4 is 0 Å². The summed E-state index contributed by atoms with van der Waals surface area (Å²) < 4.78 is 16.7. The Bertz CT molecular complexity index is 1080. The van der Waals surface area contributed by atoms with Crippen LogP contribution in [0.2, 0.25) is 0 Å². The number of hydrogen-bond donors (Lipinski definition) is 1. The van der Waals surface area contributed by atoms with Gasteiger partial charge in [-0.25, -0.2) is 4.79 Å². The van der Waals surface area contributed by atoms with E-state index in [1.54, 1.807) is 13.8 Å². The minimum Gasteiger partial charge on any atom is -0.481 e. The zero-order valence-electron chi connectivity index (χ0n) is 30.8. The van der Waals surface area contributed by atoms with Gasteiger partial charge < -0.3 is 19.3 Å². The smallest absolute Gasteiger partial charge is 0.348 e. The molecule has 0 unspecified atom stereocenters. The third kappa shape index (κ3) is 8.29. The molecule has 0 aromatic rings. The molecule has 6 aliphatic rings. The summed E-state index contributed by atoms with van der Waals surface area (Å²) in [5.74, 6) is 1.38. The molecule has 0 spiro atoms. The van der Waals surface area contributed by atoms with Gasteiger partial charge in [-0.05, 0) is 150 Å². The van der Waals surface area contributed by atoms with E-state index in [4.69, 9.17) is 19.3 Å². The molecule has 3 atom stereocenters. The van der Waals surface area contributed by atoms with Crippen LogP contribution in [0.25, 0.3) is 0 Å². The number of fused-ring (bicyclic) bond motifs is 1. The lowest BCUT2D eigenvalue weighted by Gasteiger charge is -2.61. The first-order valence-corrected chi connectivity index (χ1v) is 18.0. The standard InChI is InChI=1S/C19H32O2.C13H20O4.C6H12O2/c1-6-17(2,3)16(20)21-18(4,5)19-10-13-7-14(11-19)9-15(8-13)12-19;1-4-13(2,3)12(15)17-10-8-6-5-7-9(8)16-11(10)14;1-4-6(2,3)5(7)8/h13-15H,6-12H2,1-5H3;8-10H,4-7H2,1-3H3;4H2,1-3H3,(H,7,8)/t;8-,9+,10-;/m.0./s1. The highest BCUT2D eigenvalue weighted by atomic mass is 16.6. The van der Waals surface area contributed by atoms with E-state index in [0.717, 1.165) is 43.4 Å². The predicted octanol–water partition coefficient (Wildman–Crippen LogP) is 8.53. The summed E-state index contributed by atoms with van der Waals surface area (Å²) in [6.45, 7) is 21.4. The van der Waals surface area contributed by atoms with E-state index in [2.05, 4.69) is 20.8 Å². The van der Waals surface area contributed by atoms with Gasteiger partial charge in [-0.3, -0.25) is 14.4 Å². The summed E-state index contributed by atoms with van der Waals surface area (Å²) >= 11 is 0. The largest absolute Gasteiger partial charge is 0.481 e. The zero-order valence-corrected chi connectivity index (χ0v) is 30.8. The second kappa shape index (κ2) is 14.2. The molecule has 6 fully saturated rings. The van der Waals surface area contributed by atoms with Crippen LogP contribution in [0.4, 0.5) is 0 Å². The summed E-state index contributed by atoms with van der Waals surface area (Å²) in [6.07, 6.45) is 12.6. The molecule has 1 aliphatic heterocycles. The number of esters is 3. The topological polar surface area (TPSA) is 116 Å². The Hall–Kier alpha value is -2.12. The number of carbonyl (C=O) groups is 4. The maximum Gasteiger partial charge on any atom is 0.348 e. The molecule has 5 aliphatic carbocycles. The van der Waals surface area contributed by atoms with Crippen LogP contribution in [-0.2, 0) is 33.4 Å². The lowest BCUT2D eigenvalue weighted by molar-refractivity contribution is -0.206. The SMILES string of the molecule is CCC(C)(C)C(=O)O.CCC(C)(C)C(=O)OC(C)(C)C12CC3CC(CC(C3)C1)C2.CCC(C)(C)C(=O)O[C@@H]1C(=O)O[C@@H]2CCC[C@H]12. The summed E-state index contributed by atoms with van der Waals surface area (Å²) in [7, 11) is 0. The van der Waals surface area contributed by atoms with Gasteiger partial charge in [0, 0.05) is 11.3 Å². The number of carboxylic acid groups (broad SMARTS) is 1. The normalized spacial score (nSPS) is 31.5. The van der Waals surface area contributed by atoms with E-state index >= 15 is 0 Å². The third-order valence-electron chi connectivity index (χ3n) is 12.6. The first-order chi connectivity index (χ1) is 21.1. The van der Waals surface area contributed by atoms with Gasteiger partial charge in [-0.1, -0.05) is 20.8 Å². The second-order valence-electron chi connectivity index (χ2n) is 17.5. The van der Waals surface area contributed by atoms with E-state index in [9.17, 15) is 19.2 Å². The Kier molecular flexibility index (Phi) is 11.8. The molecule has 6 rings (SSSR count). The van der Waals surface area contributed by atoms with E-state index in [1.807, 2.05) is 41.5 Å². The van der Waals surface area contributed by atoms with Crippen LogP contribution in [0.3, 0.4) is 0 Å². The van der Waals surface area contributed by atoms with Gasteiger partial charge in [-0.2, -0.15) is 0 Å². The van der Waals surface area contributed by atoms with Gasteiger partial charge in [0.1, 0.15) is 11.7 Å². The minimum absolute atomic E-state index is 0.00857. The Morgan fingerprint density at radius 1 is 0.761 bits per heavy atom. The molecule has 0 radical (unpaired) electrons. The second-order valence-corrected chi connectivity index (χ2v) is 17.5.